The molecule has 2 aromatic heterocycles. The lowest BCUT2D eigenvalue weighted by Crippen LogP contribution is -2.28. The van der Waals surface area contributed by atoms with Crippen molar-refractivity contribution in [1.29, 1.82) is 0 Å². The van der Waals surface area contributed by atoms with Crippen LogP contribution in [0.4, 0.5) is 26.0 Å². The summed E-state index contributed by atoms with van der Waals surface area (Å²) < 4.78 is 38.5. The van der Waals surface area contributed by atoms with E-state index in [4.69, 9.17) is 10.3 Å². The fourth-order valence-corrected chi connectivity index (χ4v) is 4.95. The first-order valence-corrected chi connectivity index (χ1v) is 12.9. The summed E-state index contributed by atoms with van der Waals surface area (Å²) in [7, 11) is 3.96. The molecule has 8 nitrogen and oxygen atoms in total. The van der Waals surface area contributed by atoms with Gasteiger partial charge in [-0.05, 0) is 68.7 Å². The summed E-state index contributed by atoms with van der Waals surface area (Å²) in [5.74, 6) is -1.11. The number of benzene rings is 4. The summed E-state index contributed by atoms with van der Waals surface area (Å²) in [5, 5.41) is 8.91. The van der Waals surface area contributed by atoms with E-state index in [-0.39, 0.29) is 28.2 Å². The van der Waals surface area contributed by atoms with Gasteiger partial charge in [0.15, 0.2) is 23.5 Å². The quantitative estimate of drug-likeness (QED) is 0.225. The second kappa shape index (κ2) is 10.5. The van der Waals surface area contributed by atoms with Crippen LogP contribution in [-0.4, -0.2) is 53.3 Å². The number of carbonyl (C=O) groups is 1. The summed E-state index contributed by atoms with van der Waals surface area (Å²) in [4.78, 5) is 15.9. The average molecular weight is 553 g/mol. The average Bonchev–Trinajstić information content (AvgIpc) is 3.54. The normalized spacial score (nSPS) is 11.5. The van der Waals surface area contributed by atoms with Crippen molar-refractivity contribution >= 4 is 45.4 Å². The van der Waals surface area contributed by atoms with Gasteiger partial charge in [-0.3, -0.25) is 4.79 Å². The number of halogens is 2. The number of aromatic nitrogens is 3. The van der Waals surface area contributed by atoms with Crippen molar-refractivity contribution in [2.24, 2.45) is 0 Å². The molecule has 0 fully saturated rings. The van der Waals surface area contributed by atoms with Crippen molar-refractivity contribution in [2.75, 3.05) is 37.8 Å². The maximum absolute atomic E-state index is 16.3. The van der Waals surface area contributed by atoms with Crippen LogP contribution in [0.15, 0.2) is 83.4 Å². The van der Waals surface area contributed by atoms with E-state index in [0.717, 1.165) is 12.2 Å². The number of para-hydroxylation sites is 1. The number of anilines is 3. The smallest absolute Gasteiger partial charge is 0.174 e. The first kappa shape index (κ1) is 26.1. The molecule has 2 N–H and O–H groups in total. The van der Waals surface area contributed by atoms with Gasteiger partial charge >= 0.3 is 0 Å². The first-order valence-electron chi connectivity index (χ1n) is 12.9. The Morgan fingerprint density at radius 1 is 0.902 bits per heavy atom. The molecule has 0 aliphatic carbocycles. The van der Waals surface area contributed by atoms with Crippen LogP contribution in [-0.2, 0) is 0 Å². The SMILES string of the molecule is CN(C)CCN(c1ccccc1)c1ccc(-c2ccc3c(C=O)nn(-c4ccc5onc(N)c5c4)c3c2F)c(F)c1. The third-order valence-corrected chi connectivity index (χ3v) is 7.04. The minimum atomic E-state index is -0.708. The minimum Gasteiger partial charge on any atom is -0.380 e. The molecular formula is C31H26F2N6O2. The van der Waals surface area contributed by atoms with Crippen LogP contribution in [0.1, 0.15) is 10.5 Å². The van der Waals surface area contributed by atoms with Gasteiger partial charge < -0.3 is 20.1 Å². The van der Waals surface area contributed by atoms with Crippen LogP contribution in [0.3, 0.4) is 0 Å². The summed E-state index contributed by atoms with van der Waals surface area (Å²) in [6.07, 6.45) is 0.561. The van der Waals surface area contributed by atoms with Gasteiger partial charge in [-0.25, -0.2) is 13.5 Å². The second-order valence-corrected chi connectivity index (χ2v) is 9.94. The predicted molar refractivity (Wildman–Crippen MR) is 156 cm³/mol. The summed E-state index contributed by atoms with van der Waals surface area (Å²) in [6, 6.07) is 22.5. The van der Waals surface area contributed by atoms with Crippen molar-refractivity contribution < 1.29 is 18.1 Å². The molecule has 6 aromatic rings. The molecule has 0 radical (unpaired) electrons. The zero-order valence-corrected chi connectivity index (χ0v) is 22.4. The molecule has 10 heteroatoms. The summed E-state index contributed by atoms with van der Waals surface area (Å²) >= 11 is 0. The summed E-state index contributed by atoms with van der Waals surface area (Å²) in [5.41, 5.74) is 8.60. The zero-order valence-electron chi connectivity index (χ0n) is 22.4. The molecule has 0 spiro atoms. The molecule has 0 unspecified atom stereocenters. The number of fused-ring (bicyclic) bond motifs is 2. The van der Waals surface area contributed by atoms with Crippen LogP contribution in [0.5, 0.6) is 0 Å². The highest BCUT2D eigenvalue weighted by Crippen LogP contribution is 2.36. The Kier molecular flexibility index (Phi) is 6.68. The highest BCUT2D eigenvalue weighted by molar-refractivity contribution is 5.99. The Labute approximate surface area is 234 Å². The number of likely N-dealkylation sites (N-methyl/N-ethyl adjacent to an activating group) is 1. The van der Waals surface area contributed by atoms with Gasteiger partial charge in [-0.15, -0.1) is 0 Å². The second-order valence-electron chi connectivity index (χ2n) is 9.94. The van der Waals surface area contributed by atoms with Crippen LogP contribution in [0.25, 0.3) is 38.7 Å². The van der Waals surface area contributed by atoms with Gasteiger partial charge in [0, 0.05) is 41.0 Å². The standard InChI is InChI=1S/C31H26F2N6O2/c1-37(2)14-15-38(19-6-4-3-5-7-19)20-8-10-22(26(32)17-20)23-11-12-24-27(18-40)35-39(30(24)29(23)33)21-9-13-28-25(16-21)31(34)36-41-28/h3-13,16-18H,14-15H2,1-2H3,(H2,34,36). The highest BCUT2D eigenvalue weighted by Gasteiger charge is 2.22. The number of nitrogens with zero attached hydrogens (tertiary/aromatic N) is 5. The van der Waals surface area contributed by atoms with Crippen molar-refractivity contribution in [3.63, 3.8) is 0 Å². The molecule has 0 saturated heterocycles. The number of hydrogen-bond donors (Lipinski definition) is 1. The lowest BCUT2D eigenvalue weighted by Gasteiger charge is -2.27. The maximum atomic E-state index is 16.3. The molecule has 0 atom stereocenters. The zero-order chi connectivity index (χ0) is 28.7. The lowest BCUT2D eigenvalue weighted by molar-refractivity contribution is 0.112. The monoisotopic (exact) mass is 552 g/mol. The van der Waals surface area contributed by atoms with E-state index in [1.165, 1.54) is 16.8 Å². The molecule has 0 bridgehead atoms. The lowest BCUT2D eigenvalue weighted by atomic mass is 10.0. The Morgan fingerprint density at radius 2 is 1.68 bits per heavy atom. The highest BCUT2D eigenvalue weighted by atomic mass is 19.1. The third kappa shape index (κ3) is 4.68. The van der Waals surface area contributed by atoms with Gasteiger partial charge in [-0.2, -0.15) is 5.10 Å². The Balaban J connectivity index is 1.46. The Hall–Kier alpha value is -5.09. The van der Waals surface area contributed by atoms with Gasteiger partial charge in [0.05, 0.1) is 11.1 Å². The van der Waals surface area contributed by atoms with Gasteiger partial charge in [0.1, 0.15) is 17.0 Å². The predicted octanol–water partition coefficient (Wildman–Crippen LogP) is 6.21. The number of carbonyl (C=O) groups excluding carboxylic acids is 1. The third-order valence-electron chi connectivity index (χ3n) is 7.04. The van der Waals surface area contributed by atoms with E-state index in [9.17, 15) is 4.79 Å². The van der Waals surface area contributed by atoms with Gasteiger partial charge in [0.2, 0.25) is 0 Å². The number of nitrogens with two attached hydrogens (primary N) is 1. The molecule has 206 valence electrons. The van der Waals surface area contributed by atoms with Crippen molar-refractivity contribution in [3.8, 4) is 16.8 Å². The topological polar surface area (TPSA) is 93.4 Å². The van der Waals surface area contributed by atoms with E-state index < -0.39 is 11.6 Å². The fourth-order valence-electron chi connectivity index (χ4n) is 4.95. The van der Waals surface area contributed by atoms with Crippen LogP contribution >= 0.6 is 0 Å². The molecule has 0 amide bonds. The van der Waals surface area contributed by atoms with Crippen LogP contribution in [0.2, 0.25) is 0 Å². The van der Waals surface area contributed by atoms with Crippen molar-refractivity contribution in [1.82, 2.24) is 19.8 Å². The summed E-state index contributed by atoms with van der Waals surface area (Å²) in [6.45, 7) is 1.38. The van der Waals surface area contributed by atoms with Crippen LogP contribution < -0.4 is 10.6 Å². The van der Waals surface area contributed by atoms with E-state index in [2.05, 4.69) is 15.2 Å². The number of rotatable bonds is 8. The number of nitrogen functional groups attached to an aromatic ring is 1. The van der Waals surface area contributed by atoms with E-state index in [0.29, 0.717) is 40.6 Å². The molecule has 0 saturated carbocycles. The molecule has 2 heterocycles. The largest absolute Gasteiger partial charge is 0.380 e. The molecule has 0 aliphatic rings. The molecule has 4 aromatic carbocycles. The Bertz CT molecular complexity index is 1900. The van der Waals surface area contributed by atoms with E-state index >= 15 is 8.78 Å². The maximum Gasteiger partial charge on any atom is 0.174 e. The Morgan fingerprint density at radius 3 is 2.41 bits per heavy atom. The van der Waals surface area contributed by atoms with Crippen molar-refractivity contribution in [3.05, 3.63) is 96.2 Å². The number of aldehydes is 1. The minimum absolute atomic E-state index is 0.0411. The molecule has 41 heavy (non-hydrogen) atoms. The van der Waals surface area contributed by atoms with Gasteiger partial charge in [-0.1, -0.05) is 29.4 Å². The van der Waals surface area contributed by atoms with Crippen molar-refractivity contribution in [2.45, 2.75) is 0 Å². The fraction of sp³-hybridized carbons (Fsp3) is 0.129. The molecular weight excluding hydrogens is 526 g/mol. The van der Waals surface area contributed by atoms with E-state index in [1.807, 2.05) is 49.3 Å². The number of hydrogen-bond acceptors (Lipinski definition) is 7. The van der Waals surface area contributed by atoms with Crippen LogP contribution in [0, 0.1) is 11.6 Å². The van der Waals surface area contributed by atoms with Gasteiger partial charge in [0.25, 0.3) is 0 Å². The van der Waals surface area contributed by atoms with E-state index in [1.54, 1.807) is 36.4 Å². The first-order chi connectivity index (χ1) is 19.9. The molecule has 0 aliphatic heterocycles. The molecule has 6 rings (SSSR count).